The van der Waals surface area contributed by atoms with Gasteiger partial charge in [0.15, 0.2) is 0 Å². The highest BCUT2D eigenvalue weighted by atomic mass is 16.7. The van der Waals surface area contributed by atoms with Gasteiger partial charge in [0.2, 0.25) is 0 Å². The number of allylic oxidation sites excluding steroid dienone is 1. The molecule has 0 aromatic heterocycles. The van der Waals surface area contributed by atoms with E-state index in [9.17, 15) is 9.59 Å². The summed E-state index contributed by atoms with van der Waals surface area (Å²) in [5.41, 5.74) is 1.40. The summed E-state index contributed by atoms with van der Waals surface area (Å²) < 4.78 is 22.0. The van der Waals surface area contributed by atoms with Crippen molar-refractivity contribution in [2.24, 2.45) is 46.3 Å². The molecule has 4 aliphatic rings. The van der Waals surface area contributed by atoms with Gasteiger partial charge in [0.1, 0.15) is 12.2 Å². The lowest BCUT2D eigenvalue weighted by Crippen LogP contribution is -2.57. The lowest BCUT2D eigenvalue weighted by atomic mass is 9.46. The minimum atomic E-state index is -0.650. The molecule has 0 saturated heterocycles. The molecule has 39 heavy (non-hydrogen) atoms. The van der Waals surface area contributed by atoms with Gasteiger partial charge >= 0.3 is 12.3 Å². The SMILES string of the molecule is CCOC(=O)O[C@H]1CC2=CC[C@H]3[C@@H]4CC[C@H]([C@H](C)CCCC(C)C)[C@@]4(C)CC[C@@H]3[C@@]2(C)[C@@H](OC(=O)OCC)C1. The number of carbonyl (C=O) groups is 2. The number of rotatable bonds is 9. The Morgan fingerprint density at radius 1 is 0.949 bits per heavy atom. The third-order valence-electron chi connectivity index (χ3n) is 11.4. The van der Waals surface area contributed by atoms with Gasteiger partial charge < -0.3 is 18.9 Å². The Morgan fingerprint density at radius 3 is 2.31 bits per heavy atom. The number of hydrogen-bond donors (Lipinski definition) is 0. The van der Waals surface area contributed by atoms with E-state index < -0.39 is 12.3 Å². The molecule has 4 aliphatic carbocycles. The summed E-state index contributed by atoms with van der Waals surface area (Å²) in [6.45, 7) is 16.2. The van der Waals surface area contributed by atoms with E-state index in [1.54, 1.807) is 13.8 Å². The minimum absolute atomic E-state index is 0.271. The molecule has 0 aromatic rings. The molecule has 0 aliphatic heterocycles. The Morgan fingerprint density at radius 2 is 1.64 bits per heavy atom. The minimum Gasteiger partial charge on any atom is -0.435 e. The lowest BCUT2D eigenvalue weighted by molar-refractivity contribution is -0.122. The van der Waals surface area contributed by atoms with Crippen LogP contribution in [0, 0.1) is 46.3 Å². The van der Waals surface area contributed by atoms with Crippen molar-refractivity contribution in [2.45, 2.75) is 125 Å². The van der Waals surface area contributed by atoms with Crippen LogP contribution in [0.4, 0.5) is 9.59 Å². The van der Waals surface area contributed by atoms with Gasteiger partial charge in [0.25, 0.3) is 0 Å². The van der Waals surface area contributed by atoms with Crippen molar-refractivity contribution >= 4 is 12.3 Å². The van der Waals surface area contributed by atoms with Crippen molar-refractivity contribution in [1.82, 2.24) is 0 Å². The van der Waals surface area contributed by atoms with E-state index in [0.717, 1.165) is 30.6 Å². The van der Waals surface area contributed by atoms with E-state index in [1.165, 1.54) is 44.1 Å². The van der Waals surface area contributed by atoms with Gasteiger partial charge in [-0.3, -0.25) is 0 Å². The van der Waals surface area contributed by atoms with Crippen molar-refractivity contribution < 1.29 is 28.5 Å². The molecule has 9 atom stereocenters. The van der Waals surface area contributed by atoms with Gasteiger partial charge in [-0.1, -0.05) is 65.5 Å². The first-order valence-electron chi connectivity index (χ1n) is 15.9. The fourth-order valence-electron chi connectivity index (χ4n) is 9.50. The molecule has 4 rings (SSSR count). The largest absolute Gasteiger partial charge is 0.508 e. The maximum Gasteiger partial charge on any atom is 0.508 e. The molecule has 0 bridgehead atoms. The first-order chi connectivity index (χ1) is 18.5. The zero-order valence-electron chi connectivity index (χ0n) is 25.6. The van der Waals surface area contributed by atoms with E-state index in [-0.39, 0.29) is 30.8 Å². The molecular weight excluding hydrogens is 492 g/mol. The lowest BCUT2D eigenvalue weighted by Gasteiger charge is -2.60. The van der Waals surface area contributed by atoms with Gasteiger partial charge in [-0.2, -0.15) is 0 Å². The molecule has 6 heteroatoms. The molecule has 0 heterocycles. The second-order valence-electron chi connectivity index (χ2n) is 13.8. The second-order valence-corrected chi connectivity index (χ2v) is 13.8. The van der Waals surface area contributed by atoms with Crippen LogP contribution in [0.15, 0.2) is 11.6 Å². The fraction of sp³-hybridized carbons (Fsp3) is 0.879. The summed E-state index contributed by atoms with van der Waals surface area (Å²) in [5, 5.41) is 0. The quantitative estimate of drug-likeness (QED) is 0.213. The molecule has 3 saturated carbocycles. The van der Waals surface area contributed by atoms with Gasteiger partial charge in [-0.25, -0.2) is 9.59 Å². The topological polar surface area (TPSA) is 71.1 Å². The molecule has 0 radical (unpaired) electrons. The van der Waals surface area contributed by atoms with E-state index in [4.69, 9.17) is 18.9 Å². The highest BCUT2D eigenvalue weighted by molar-refractivity contribution is 5.61. The zero-order valence-corrected chi connectivity index (χ0v) is 25.6. The van der Waals surface area contributed by atoms with Crippen LogP contribution in [-0.2, 0) is 18.9 Å². The first kappa shape index (κ1) is 30.2. The normalized spacial score (nSPS) is 38.1. The number of fused-ring (bicyclic) bond motifs is 5. The van der Waals surface area contributed by atoms with E-state index >= 15 is 0 Å². The summed E-state index contributed by atoms with van der Waals surface area (Å²) in [6.07, 6.45) is 11.7. The van der Waals surface area contributed by atoms with Gasteiger partial charge in [-0.05, 0) is 86.9 Å². The summed E-state index contributed by atoms with van der Waals surface area (Å²) in [6, 6.07) is 0. The molecule has 0 N–H and O–H groups in total. The monoisotopic (exact) mass is 546 g/mol. The van der Waals surface area contributed by atoms with Gasteiger partial charge in [-0.15, -0.1) is 0 Å². The molecule has 6 nitrogen and oxygen atoms in total. The third kappa shape index (κ3) is 6.00. The van der Waals surface area contributed by atoms with Gasteiger partial charge in [0, 0.05) is 18.3 Å². The zero-order chi connectivity index (χ0) is 28.4. The maximum atomic E-state index is 12.6. The standard InChI is InChI=1S/C33H54O6/c1-8-36-30(34)38-24-19-23-13-14-25-27-16-15-26(22(5)12-10-11-21(3)4)32(27,6)18-17-28(25)33(23,7)29(20-24)39-31(35)37-9-2/h13,21-22,24-29H,8-12,14-20H2,1-7H3/t22-,24+,25+,26-,27+,28+,29+,32-,33+/m1/s1. The van der Waals surface area contributed by atoms with Crippen LogP contribution < -0.4 is 0 Å². The Bertz CT molecular complexity index is 897. The highest BCUT2D eigenvalue weighted by Gasteiger charge is 2.62. The average molecular weight is 547 g/mol. The highest BCUT2D eigenvalue weighted by Crippen LogP contribution is 2.67. The van der Waals surface area contributed by atoms with Crippen LogP contribution in [-0.4, -0.2) is 37.7 Å². The Labute approximate surface area is 236 Å². The van der Waals surface area contributed by atoms with Crippen molar-refractivity contribution in [3.8, 4) is 0 Å². The molecule has 3 fully saturated rings. The maximum absolute atomic E-state index is 12.6. The Hall–Kier alpha value is -1.72. The summed E-state index contributed by atoms with van der Waals surface area (Å²) in [4.78, 5) is 24.8. The predicted molar refractivity (Wildman–Crippen MR) is 152 cm³/mol. The van der Waals surface area contributed by atoms with Gasteiger partial charge in [0.05, 0.1) is 13.2 Å². The van der Waals surface area contributed by atoms with E-state index in [0.29, 0.717) is 36.0 Å². The van der Waals surface area contributed by atoms with Crippen LogP contribution in [0.5, 0.6) is 0 Å². The number of carbonyl (C=O) groups excluding carboxylic acids is 2. The fourth-order valence-corrected chi connectivity index (χ4v) is 9.50. The number of hydrogen-bond acceptors (Lipinski definition) is 6. The summed E-state index contributed by atoms with van der Waals surface area (Å²) >= 11 is 0. The summed E-state index contributed by atoms with van der Waals surface area (Å²) in [7, 11) is 0. The number of ether oxygens (including phenoxy) is 4. The Kier molecular flexibility index (Phi) is 9.64. The third-order valence-corrected chi connectivity index (χ3v) is 11.4. The van der Waals surface area contributed by atoms with Crippen LogP contribution in [0.2, 0.25) is 0 Å². The molecule has 0 amide bonds. The molecule has 0 aromatic carbocycles. The second kappa shape index (κ2) is 12.4. The predicted octanol–water partition coefficient (Wildman–Crippen LogP) is 8.72. The van der Waals surface area contributed by atoms with Crippen LogP contribution in [0.25, 0.3) is 0 Å². The van der Waals surface area contributed by atoms with Crippen molar-refractivity contribution in [3.05, 3.63) is 11.6 Å². The first-order valence-corrected chi connectivity index (χ1v) is 15.9. The van der Waals surface area contributed by atoms with Crippen LogP contribution in [0.3, 0.4) is 0 Å². The van der Waals surface area contributed by atoms with Crippen LogP contribution in [0.1, 0.15) is 113 Å². The molecule has 222 valence electrons. The molecule has 0 unspecified atom stereocenters. The smallest absolute Gasteiger partial charge is 0.435 e. The van der Waals surface area contributed by atoms with Crippen LogP contribution >= 0.6 is 0 Å². The molecule has 0 spiro atoms. The van der Waals surface area contributed by atoms with Crippen molar-refractivity contribution in [2.75, 3.05) is 13.2 Å². The molecular formula is C33H54O6. The average Bonchev–Trinajstić information content (AvgIpc) is 3.22. The van der Waals surface area contributed by atoms with Crippen molar-refractivity contribution in [1.29, 1.82) is 0 Å². The Balaban J connectivity index is 1.56. The van der Waals surface area contributed by atoms with E-state index in [2.05, 4.69) is 40.7 Å². The van der Waals surface area contributed by atoms with E-state index in [1.807, 2.05) is 0 Å². The van der Waals surface area contributed by atoms with Crippen molar-refractivity contribution in [3.63, 3.8) is 0 Å². The summed E-state index contributed by atoms with van der Waals surface area (Å²) in [5.74, 6) is 4.12.